The SMILES string of the molecule is Cc1cc(C(=O)N(C)Cc2cccc(N)c2)ccn1. The number of pyridine rings is 1. The third-order valence-corrected chi connectivity index (χ3v) is 2.86. The molecule has 0 radical (unpaired) electrons. The second-order valence-electron chi connectivity index (χ2n) is 4.59. The van der Waals surface area contributed by atoms with Crippen LogP contribution < -0.4 is 5.73 Å². The predicted molar refractivity (Wildman–Crippen MR) is 75.6 cm³/mol. The van der Waals surface area contributed by atoms with Crippen LogP contribution in [-0.2, 0) is 6.54 Å². The minimum Gasteiger partial charge on any atom is -0.399 e. The Hall–Kier alpha value is -2.36. The Kier molecular flexibility index (Phi) is 3.80. The largest absolute Gasteiger partial charge is 0.399 e. The molecular weight excluding hydrogens is 238 g/mol. The number of hydrogen-bond donors (Lipinski definition) is 1. The number of nitrogens with two attached hydrogens (primary N) is 1. The molecule has 1 aromatic heterocycles. The van der Waals surface area contributed by atoms with Crippen LogP contribution in [0.25, 0.3) is 0 Å². The fourth-order valence-electron chi connectivity index (χ4n) is 1.94. The smallest absolute Gasteiger partial charge is 0.254 e. The Labute approximate surface area is 112 Å². The van der Waals surface area contributed by atoms with Gasteiger partial charge in [-0.25, -0.2) is 0 Å². The lowest BCUT2D eigenvalue weighted by Crippen LogP contribution is -2.26. The molecule has 0 aliphatic heterocycles. The summed E-state index contributed by atoms with van der Waals surface area (Å²) in [6.45, 7) is 2.40. The van der Waals surface area contributed by atoms with Gasteiger partial charge in [0.1, 0.15) is 0 Å². The highest BCUT2D eigenvalue weighted by Gasteiger charge is 2.12. The summed E-state index contributed by atoms with van der Waals surface area (Å²) in [6, 6.07) is 11.1. The molecule has 0 aliphatic carbocycles. The van der Waals surface area contributed by atoms with E-state index in [1.54, 1.807) is 30.3 Å². The molecule has 0 aliphatic rings. The number of hydrogen-bond acceptors (Lipinski definition) is 3. The molecule has 1 amide bonds. The summed E-state index contributed by atoms with van der Waals surface area (Å²) in [5.74, 6) is -0.0204. The van der Waals surface area contributed by atoms with Crippen molar-refractivity contribution in [1.82, 2.24) is 9.88 Å². The molecule has 19 heavy (non-hydrogen) atoms. The Balaban J connectivity index is 2.12. The normalized spacial score (nSPS) is 10.2. The van der Waals surface area contributed by atoms with Crippen molar-refractivity contribution in [3.05, 3.63) is 59.4 Å². The number of aryl methyl sites for hydroxylation is 1. The Morgan fingerprint density at radius 1 is 1.32 bits per heavy atom. The molecule has 4 nitrogen and oxygen atoms in total. The summed E-state index contributed by atoms with van der Waals surface area (Å²) in [4.78, 5) is 18.0. The van der Waals surface area contributed by atoms with E-state index in [9.17, 15) is 4.79 Å². The maximum absolute atomic E-state index is 12.3. The van der Waals surface area contributed by atoms with Gasteiger partial charge in [0.25, 0.3) is 5.91 Å². The van der Waals surface area contributed by atoms with E-state index in [0.717, 1.165) is 11.3 Å². The van der Waals surface area contributed by atoms with Crippen LogP contribution in [0.15, 0.2) is 42.6 Å². The number of carbonyl (C=O) groups excluding carboxylic acids is 1. The average Bonchev–Trinajstić information content (AvgIpc) is 2.38. The van der Waals surface area contributed by atoms with Crippen molar-refractivity contribution in [1.29, 1.82) is 0 Å². The van der Waals surface area contributed by atoms with Gasteiger partial charge >= 0.3 is 0 Å². The van der Waals surface area contributed by atoms with E-state index in [4.69, 9.17) is 5.73 Å². The summed E-state index contributed by atoms with van der Waals surface area (Å²) in [5, 5.41) is 0. The number of amides is 1. The third kappa shape index (κ3) is 3.31. The zero-order valence-corrected chi connectivity index (χ0v) is 11.1. The first-order chi connectivity index (χ1) is 9.06. The fourth-order valence-corrected chi connectivity index (χ4v) is 1.94. The topological polar surface area (TPSA) is 59.2 Å². The van der Waals surface area contributed by atoms with Gasteiger partial charge < -0.3 is 10.6 Å². The number of carbonyl (C=O) groups is 1. The molecule has 2 aromatic rings. The predicted octanol–water partition coefficient (Wildman–Crippen LogP) is 2.24. The van der Waals surface area contributed by atoms with Gasteiger partial charge in [-0.3, -0.25) is 9.78 Å². The number of rotatable bonds is 3. The standard InChI is InChI=1S/C15H17N3O/c1-11-8-13(6-7-17-11)15(19)18(2)10-12-4-3-5-14(16)9-12/h3-9H,10,16H2,1-2H3. The zero-order valence-electron chi connectivity index (χ0n) is 11.1. The van der Waals surface area contributed by atoms with Gasteiger partial charge in [0.15, 0.2) is 0 Å². The van der Waals surface area contributed by atoms with Crippen LogP contribution in [0, 0.1) is 6.92 Å². The van der Waals surface area contributed by atoms with E-state index >= 15 is 0 Å². The number of anilines is 1. The molecule has 4 heteroatoms. The van der Waals surface area contributed by atoms with Gasteiger partial charge in [0.2, 0.25) is 0 Å². The lowest BCUT2D eigenvalue weighted by molar-refractivity contribution is 0.0785. The fraction of sp³-hybridized carbons (Fsp3) is 0.200. The van der Waals surface area contributed by atoms with Crippen molar-refractivity contribution in [2.45, 2.75) is 13.5 Å². The maximum Gasteiger partial charge on any atom is 0.254 e. The van der Waals surface area contributed by atoms with Crippen molar-refractivity contribution in [2.24, 2.45) is 0 Å². The molecule has 0 unspecified atom stereocenters. The van der Waals surface area contributed by atoms with E-state index in [1.165, 1.54) is 0 Å². The van der Waals surface area contributed by atoms with E-state index in [1.807, 2.05) is 31.2 Å². The quantitative estimate of drug-likeness (QED) is 0.856. The maximum atomic E-state index is 12.3. The second kappa shape index (κ2) is 5.52. The van der Waals surface area contributed by atoms with Crippen LogP contribution in [0.5, 0.6) is 0 Å². The molecule has 0 spiro atoms. The van der Waals surface area contributed by atoms with E-state index < -0.39 is 0 Å². The highest BCUT2D eigenvalue weighted by molar-refractivity contribution is 5.94. The lowest BCUT2D eigenvalue weighted by Gasteiger charge is -2.17. The van der Waals surface area contributed by atoms with E-state index in [-0.39, 0.29) is 5.91 Å². The Bertz CT molecular complexity index is 595. The summed E-state index contributed by atoms with van der Waals surface area (Å²) >= 11 is 0. The molecule has 1 heterocycles. The molecular formula is C15H17N3O. The van der Waals surface area contributed by atoms with Crippen molar-refractivity contribution in [2.75, 3.05) is 12.8 Å². The summed E-state index contributed by atoms with van der Waals surface area (Å²) in [7, 11) is 1.78. The van der Waals surface area contributed by atoms with Crippen LogP contribution in [0.1, 0.15) is 21.6 Å². The van der Waals surface area contributed by atoms with Gasteiger partial charge in [-0.1, -0.05) is 12.1 Å². The summed E-state index contributed by atoms with van der Waals surface area (Å²) in [5.41, 5.74) is 8.94. The van der Waals surface area contributed by atoms with Gasteiger partial charge in [-0.05, 0) is 36.8 Å². The minimum absolute atomic E-state index is 0.0204. The molecule has 2 rings (SSSR count). The van der Waals surface area contributed by atoms with Crippen LogP contribution in [0.4, 0.5) is 5.69 Å². The number of nitrogens with zero attached hydrogens (tertiary/aromatic N) is 2. The first-order valence-electron chi connectivity index (χ1n) is 6.09. The number of benzene rings is 1. The van der Waals surface area contributed by atoms with Gasteiger partial charge in [-0.2, -0.15) is 0 Å². The highest BCUT2D eigenvalue weighted by Crippen LogP contribution is 2.11. The summed E-state index contributed by atoms with van der Waals surface area (Å²) in [6.07, 6.45) is 1.65. The first-order valence-corrected chi connectivity index (χ1v) is 6.09. The van der Waals surface area contributed by atoms with Crippen molar-refractivity contribution in [3.8, 4) is 0 Å². The molecule has 0 atom stereocenters. The van der Waals surface area contributed by atoms with Gasteiger partial charge in [-0.15, -0.1) is 0 Å². The van der Waals surface area contributed by atoms with Crippen LogP contribution in [-0.4, -0.2) is 22.8 Å². The van der Waals surface area contributed by atoms with Crippen molar-refractivity contribution < 1.29 is 4.79 Å². The van der Waals surface area contributed by atoms with Crippen LogP contribution >= 0.6 is 0 Å². The number of nitrogen functional groups attached to an aromatic ring is 1. The molecule has 98 valence electrons. The number of aromatic nitrogens is 1. The zero-order chi connectivity index (χ0) is 13.8. The molecule has 0 saturated heterocycles. The first kappa shape index (κ1) is 13.1. The van der Waals surface area contributed by atoms with E-state index in [2.05, 4.69) is 4.98 Å². The van der Waals surface area contributed by atoms with E-state index in [0.29, 0.717) is 17.8 Å². The average molecular weight is 255 g/mol. The van der Waals surface area contributed by atoms with Crippen LogP contribution in [0.2, 0.25) is 0 Å². The van der Waals surface area contributed by atoms with Crippen molar-refractivity contribution in [3.63, 3.8) is 0 Å². The Morgan fingerprint density at radius 2 is 2.11 bits per heavy atom. The molecule has 2 N–H and O–H groups in total. The van der Waals surface area contributed by atoms with Gasteiger partial charge in [0.05, 0.1) is 0 Å². The van der Waals surface area contributed by atoms with Crippen LogP contribution in [0.3, 0.4) is 0 Å². The Morgan fingerprint density at radius 3 is 2.79 bits per heavy atom. The van der Waals surface area contributed by atoms with Crippen molar-refractivity contribution >= 4 is 11.6 Å². The highest BCUT2D eigenvalue weighted by atomic mass is 16.2. The minimum atomic E-state index is -0.0204. The second-order valence-corrected chi connectivity index (χ2v) is 4.59. The molecule has 0 saturated carbocycles. The monoisotopic (exact) mass is 255 g/mol. The van der Waals surface area contributed by atoms with Gasteiger partial charge in [0, 0.05) is 36.7 Å². The lowest BCUT2D eigenvalue weighted by atomic mass is 10.1. The summed E-state index contributed by atoms with van der Waals surface area (Å²) < 4.78 is 0. The third-order valence-electron chi connectivity index (χ3n) is 2.86. The molecule has 0 fully saturated rings. The molecule has 0 bridgehead atoms. The molecule has 1 aromatic carbocycles.